The Balaban J connectivity index is 1.06. The third kappa shape index (κ3) is 5.03. The van der Waals surface area contributed by atoms with Crippen LogP contribution in [0.25, 0.3) is 67.3 Å². The Bertz CT molecular complexity index is 2910. The van der Waals surface area contributed by atoms with Gasteiger partial charge < -0.3 is 0 Å². The first-order chi connectivity index (χ1) is 27.8. The third-order valence-corrected chi connectivity index (χ3v) is 12.4. The van der Waals surface area contributed by atoms with Crippen molar-refractivity contribution in [2.75, 3.05) is 0 Å². The first kappa shape index (κ1) is 32.5. The summed E-state index contributed by atoms with van der Waals surface area (Å²) < 4.78 is 0. The summed E-state index contributed by atoms with van der Waals surface area (Å²) in [6.45, 7) is 0. The van der Waals surface area contributed by atoms with Crippen molar-refractivity contribution in [2.24, 2.45) is 0 Å². The van der Waals surface area contributed by atoms with Crippen LogP contribution in [-0.2, 0) is 5.41 Å². The molecule has 56 heavy (non-hydrogen) atoms. The van der Waals surface area contributed by atoms with Crippen molar-refractivity contribution in [3.63, 3.8) is 0 Å². The van der Waals surface area contributed by atoms with E-state index in [9.17, 15) is 0 Å². The van der Waals surface area contributed by atoms with E-state index >= 15 is 0 Å². The monoisotopic (exact) mass is 731 g/mol. The van der Waals surface area contributed by atoms with Crippen LogP contribution in [0.3, 0.4) is 0 Å². The zero-order valence-corrected chi connectivity index (χ0v) is 31.1. The Morgan fingerprint density at radius 3 is 1.50 bits per heavy atom. The van der Waals surface area contributed by atoms with Crippen molar-refractivity contribution < 1.29 is 0 Å². The number of fused-ring (bicyclic) bond motifs is 9. The largest absolute Gasteiger partial charge is 0.224 e. The molecule has 262 valence electrons. The highest BCUT2D eigenvalue weighted by molar-refractivity contribution is 7.99. The van der Waals surface area contributed by atoms with Gasteiger partial charge in [0.1, 0.15) is 11.4 Å². The first-order valence-electron chi connectivity index (χ1n) is 18.9. The Labute approximate surface area is 330 Å². The lowest BCUT2D eigenvalue weighted by Gasteiger charge is -2.39. The quantitative estimate of drug-likeness (QED) is 0.177. The zero-order valence-electron chi connectivity index (χ0n) is 30.3. The summed E-state index contributed by atoms with van der Waals surface area (Å²) in [7, 11) is 0. The van der Waals surface area contributed by atoms with Crippen molar-refractivity contribution in [1.82, 2.24) is 15.2 Å². The van der Waals surface area contributed by atoms with Gasteiger partial charge in [-0.05, 0) is 79.9 Å². The summed E-state index contributed by atoms with van der Waals surface area (Å²) in [5.74, 6) is 0.590. The molecule has 1 spiro atoms. The molecule has 0 saturated heterocycles. The fourth-order valence-electron chi connectivity index (χ4n) is 8.87. The van der Waals surface area contributed by atoms with Gasteiger partial charge in [-0.1, -0.05) is 188 Å². The second-order valence-corrected chi connectivity index (χ2v) is 15.4. The van der Waals surface area contributed by atoms with E-state index in [4.69, 9.17) is 15.2 Å². The molecule has 0 bridgehead atoms. The van der Waals surface area contributed by atoms with Gasteiger partial charge in [0.2, 0.25) is 0 Å². The summed E-state index contributed by atoms with van der Waals surface area (Å²) in [4.78, 5) is 7.79. The van der Waals surface area contributed by atoms with Gasteiger partial charge in [-0.25, -0.2) is 4.98 Å². The van der Waals surface area contributed by atoms with E-state index in [1.807, 2.05) is 48.2 Å². The maximum absolute atomic E-state index is 5.17. The molecule has 2 heterocycles. The van der Waals surface area contributed by atoms with Crippen molar-refractivity contribution >= 4 is 11.8 Å². The second kappa shape index (κ2) is 13.2. The molecule has 3 nitrogen and oxygen atoms in total. The van der Waals surface area contributed by atoms with Crippen molar-refractivity contribution in [3.8, 4) is 67.3 Å². The Kier molecular flexibility index (Phi) is 7.64. The zero-order chi connectivity index (χ0) is 37.1. The second-order valence-electron chi connectivity index (χ2n) is 14.3. The Morgan fingerprint density at radius 2 is 0.821 bits per heavy atom. The van der Waals surface area contributed by atoms with Crippen LogP contribution in [0, 0.1) is 0 Å². The van der Waals surface area contributed by atoms with Crippen LogP contribution in [0.5, 0.6) is 0 Å². The normalized spacial score (nSPS) is 13.1. The van der Waals surface area contributed by atoms with Crippen LogP contribution in [0.2, 0.25) is 0 Å². The minimum Gasteiger partial charge on any atom is -0.224 e. The average Bonchev–Trinajstić information content (AvgIpc) is 3.57. The maximum atomic E-state index is 5.17. The molecule has 11 rings (SSSR count). The lowest BCUT2D eigenvalue weighted by Crippen LogP contribution is -2.31. The SMILES string of the molecule is c1ccc(-c2nnc(-c3cccc(-c4ccccc4-c4ccc5c(c4)C4(c6ccccc6Sc6ccccc64)c4ccccc4-5)c3)nc2-c2ccccc2)cc1. The summed E-state index contributed by atoms with van der Waals surface area (Å²) in [6, 6.07) is 71.8. The molecule has 9 aromatic rings. The van der Waals surface area contributed by atoms with Gasteiger partial charge in [-0.2, -0.15) is 0 Å². The van der Waals surface area contributed by atoms with Crippen molar-refractivity contribution in [1.29, 1.82) is 0 Å². The van der Waals surface area contributed by atoms with E-state index in [0.29, 0.717) is 5.82 Å². The maximum Gasteiger partial charge on any atom is 0.182 e. The summed E-state index contributed by atoms with van der Waals surface area (Å²) in [6.07, 6.45) is 0. The molecule has 0 atom stereocenters. The molecule has 0 N–H and O–H groups in total. The highest BCUT2D eigenvalue weighted by Crippen LogP contribution is 2.62. The molecule has 0 fully saturated rings. The van der Waals surface area contributed by atoms with Gasteiger partial charge in [0.25, 0.3) is 0 Å². The standard InChI is InChI=1S/C52H33N3S/c1-3-16-34(17-4-1)49-50(35-18-5-2-6-19-35)54-55-51(53-49)38-21-15-20-36(32-38)39-22-7-8-23-40(39)37-30-31-42-41-24-9-10-25-43(41)52(46(42)33-37)44-26-11-13-28-47(44)56-48-29-14-12-27-45(48)52/h1-33H. The van der Waals surface area contributed by atoms with E-state index in [-0.39, 0.29) is 0 Å². The van der Waals surface area contributed by atoms with Gasteiger partial charge in [0, 0.05) is 26.5 Å². The average molecular weight is 732 g/mol. The van der Waals surface area contributed by atoms with Crippen LogP contribution < -0.4 is 0 Å². The van der Waals surface area contributed by atoms with Crippen LogP contribution in [0.1, 0.15) is 22.3 Å². The van der Waals surface area contributed by atoms with Gasteiger partial charge in [-0.3, -0.25) is 0 Å². The first-order valence-corrected chi connectivity index (χ1v) is 19.8. The number of benzene rings is 8. The van der Waals surface area contributed by atoms with E-state index < -0.39 is 5.41 Å². The number of nitrogens with zero attached hydrogens (tertiary/aromatic N) is 3. The predicted octanol–water partition coefficient (Wildman–Crippen LogP) is 13.0. The molecular weight excluding hydrogens is 699 g/mol. The van der Waals surface area contributed by atoms with Crippen LogP contribution >= 0.6 is 11.8 Å². The van der Waals surface area contributed by atoms with Crippen molar-refractivity contribution in [3.05, 3.63) is 222 Å². The van der Waals surface area contributed by atoms with E-state index in [0.717, 1.165) is 39.2 Å². The third-order valence-electron chi connectivity index (χ3n) is 11.3. The number of hydrogen-bond acceptors (Lipinski definition) is 4. The minimum atomic E-state index is -0.429. The molecule has 0 amide bonds. The molecular formula is C52H33N3S. The minimum absolute atomic E-state index is 0.429. The number of aromatic nitrogens is 3. The molecule has 1 aromatic heterocycles. The summed E-state index contributed by atoms with van der Waals surface area (Å²) >= 11 is 1.88. The van der Waals surface area contributed by atoms with E-state index in [1.165, 1.54) is 54.3 Å². The number of hydrogen-bond donors (Lipinski definition) is 0. The topological polar surface area (TPSA) is 38.7 Å². The molecule has 8 aromatic carbocycles. The Morgan fingerprint density at radius 1 is 0.321 bits per heavy atom. The predicted molar refractivity (Wildman–Crippen MR) is 228 cm³/mol. The molecule has 0 unspecified atom stereocenters. The lowest BCUT2D eigenvalue weighted by molar-refractivity contribution is 0.722. The van der Waals surface area contributed by atoms with Crippen LogP contribution in [0.4, 0.5) is 0 Å². The fourth-order valence-corrected chi connectivity index (χ4v) is 10.1. The Hall–Kier alpha value is -6.88. The van der Waals surface area contributed by atoms with Gasteiger partial charge >= 0.3 is 0 Å². The van der Waals surface area contributed by atoms with Crippen LogP contribution in [-0.4, -0.2) is 15.2 Å². The summed E-state index contributed by atoms with van der Waals surface area (Å²) in [5.41, 5.74) is 16.6. The number of rotatable bonds is 5. The smallest absolute Gasteiger partial charge is 0.182 e. The van der Waals surface area contributed by atoms with E-state index in [2.05, 4.69) is 164 Å². The summed E-state index contributed by atoms with van der Waals surface area (Å²) in [5, 5.41) is 9.49. The highest BCUT2D eigenvalue weighted by atomic mass is 32.2. The van der Waals surface area contributed by atoms with Gasteiger partial charge in [-0.15, -0.1) is 10.2 Å². The van der Waals surface area contributed by atoms with E-state index in [1.54, 1.807) is 0 Å². The van der Waals surface area contributed by atoms with Gasteiger partial charge in [0.15, 0.2) is 5.82 Å². The molecule has 0 radical (unpaired) electrons. The van der Waals surface area contributed by atoms with Gasteiger partial charge in [0.05, 0.1) is 5.41 Å². The molecule has 2 aliphatic rings. The molecule has 4 heteroatoms. The van der Waals surface area contributed by atoms with Crippen LogP contribution in [0.15, 0.2) is 210 Å². The molecule has 0 saturated carbocycles. The fraction of sp³-hybridized carbons (Fsp3) is 0.0192. The lowest BCUT2D eigenvalue weighted by atomic mass is 9.67. The molecule has 1 aliphatic carbocycles. The van der Waals surface area contributed by atoms with Crippen molar-refractivity contribution in [2.45, 2.75) is 15.2 Å². The highest BCUT2D eigenvalue weighted by Gasteiger charge is 2.50. The molecule has 1 aliphatic heterocycles.